The Balaban J connectivity index is 2.43. The van der Waals surface area contributed by atoms with E-state index in [1.807, 2.05) is 0 Å². The van der Waals surface area contributed by atoms with E-state index >= 15 is 0 Å². The standard InChI is InChI=1S/C15H25N/c1-4-9-13(3)16-15(5-2)12-14-10-7-6-8-11-14/h6-8,10-11,13,15-16H,4-5,9,12H2,1-3H3. The maximum absolute atomic E-state index is 3.72. The predicted molar refractivity (Wildman–Crippen MR) is 71.7 cm³/mol. The summed E-state index contributed by atoms with van der Waals surface area (Å²) < 4.78 is 0. The van der Waals surface area contributed by atoms with Gasteiger partial charge in [-0.3, -0.25) is 0 Å². The highest BCUT2D eigenvalue weighted by Crippen LogP contribution is 2.07. The summed E-state index contributed by atoms with van der Waals surface area (Å²) in [6, 6.07) is 12.0. The Morgan fingerprint density at radius 2 is 1.81 bits per heavy atom. The van der Waals surface area contributed by atoms with Crippen LogP contribution in [0.25, 0.3) is 0 Å². The van der Waals surface area contributed by atoms with E-state index in [4.69, 9.17) is 0 Å². The van der Waals surface area contributed by atoms with Gasteiger partial charge in [0.05, 0.1) is 0 Å². The lowest BCUT2D eigenvalue weighted by Gasteiger charge is -2.22. The fourth-order valence-electron chi connectivity index (χ4n) is 2.14. The van der Waals surface area contributed by atoms with Gasteiger partial charge in [0.2, 0.25) is 0 Å². The topological polar surface area (TPSA) is 12.0 Å². The fourth-order valence-corrected chi connectivity index (χ4v) is 2.14. The van der Waals surface area contributed by atoms with Gasteiger partial charge in [0.15, 0.2) is 0 Å². The zero-order valence-corrected chi connectivity index (χ0v) is 10.9. The van der Waals surface area contributed by atoms with Crippen molar-refractivity contribution < 1.29 is 0 Å². The molecule has 0 aliphatic rings. The van der Waals surface area contributed by atoms with Crippen LogP contribution in [0.5, 0.6) is 0 Å². The van der Waals surface area contributed by atoms with Crippen LogP contribution < -0.4 is 5.32 Å². The highest BCUT2D eigenvalue weighted by atomic mass is 14.9. The molecule has 2 atom stereocenters. The summed E-state index contributed by atoms with van der Waals surface area (Å²) in [5, 5.41) is 3.72. The van der Waals surface area contributed by atoms with Crippen molar-refractivity contribution in [2.45, 2.75) is 58.5 Å². The molecule has 1 rings (SSSR count). The van der Waals surface area contributed by atoms with Gasteiger partial charge in [0, 0.05) is 12.1 Å². The molecule has 0 spiro atoms. The van der Waals surface area contributed by atoms with E-state index in [-0.39, 0.29) is 0 Å². The maximum atomic E-state index is 3.72. The van der Waals surface area contributed by atoms with Crippen LogP contribution in [-0.4, -0.2) is 12.1 Å². The van der Waals surface area contributed by atoms with E-state index in [2.05, 4.69) is 56.4 Å². The third kappa shape index (κ3) is 4.80. The summed E-state index contributed by atoms with van der Waals surface area (Å²) in [6.45, 7) is 6.80. The van der Waals surface area contributed by atoms with Crippen molar-refractivity contribution >= 4 is 0 Å². The Labute approximate surface area is 100 Å². The van der Waals surface area contributed by atoms with Gasteiger partial charge >= 0.3 is 0 Å². The molecule has 0 radical (unpaired) electrons. The van der Waals surface area contributed by atoms with Gasteiger partial charge in [-0.15, -0.1) is 0 Å². The van der Waals surface area contributed by atoms with Crippen LogP contribution in [0, 0.1) is 0 Å². The van der Waals surface area contributed by atoms with Crippen LogP contribution in [0.3, 0.4) is 0 Å². The molecule has 1 heteroatoms. The molecule has 0 saturated heterocycles. The molecule has 0 fully saturated rings. The largest absolute Gasteiger partial charge is 0.311 e. The molecule has 0 heterocycles. The molecular formula is C15H25N. The number of hydrogen-bond acceptors (Lipinski definition) is 1. The molecule has 1 nitrogen and oxygen atoms in total. The van der Waals surface area contributed by atoms with Crippen LogP contribution in [-0.2, 0) is 6.42 Å². The summed E-state index contributed by atoms with van der Waals surface area (Å²) in [7, 11) is 0. The summed E-state index contributed by atoms with van der Waals surface area (Å²) in [5.74, 6) is 0. The first-order chi connectivity index (χ1) is 7.76. The lowest BCUT2D eigenvalue weighted by molar-refractivity contribution is 0.412. The van der Waals surface area contributed by atoms with Crippen molar-refractivity contribution in [3.8, 4) is 0 Å². The van der Waals surface area contributed by atoms with Gasteiger partial charge in [-0.25, -0.2) is 0 Å². The first-order valence-electron chi connectivity index (χ1n) is 6.56. The Bertz CT molecular complexity index is 268. The van der Waals surface area contributed by atoms with E-state index in [0.717, 1.165) is 6.42 Å². The Morgan fingerprint density at radius 3 is 2.38 bits per heavy atom. The SMILES string of the molecule is CCCC(C)NC(CC)Cc1ccccc1. The Kier molecular flexibility index (Phi) is 6.17. The normalized spacial score (nSPS) is 14.7. The molecule has 1 aromatic carbocycles. The first kappa shape index (κ1) is 13.2. The summed E-state index contributed by atoms with van der Waals surface area (Å²) in [6.07, 6.45) is 4.87. The number of hydrogen-bond donors (Lipinski definition) is 1. The first-order valence-corrected chi connectivity index (χ1v) is 6.56. The second-order valence-electron chi connectivity index (χ2n) is 4.65. The highest BCUT2D eigenvalue weighted by Gasteiger charge is 2.09. The molecule has 90 valence electrons. The van der Waals surface area contributed by atoms with Crippen molar-refractivity contribution in [3.63, 3.8) is 0 Å². The number of nitrogens with one attached hydrogen (secondary N) is 1. The lowest BCUT2D eigenvalue weighted by Crippen LogP contribution is -2.37. The Hall–Kier alpha value is -0.820. The predicted octanol–water partition coefficient (Wildman–Crippen LogP) is 3.79. The molecule has 0 amide bonds. The maximum Gasteiger partial charge on any atom is 0.0107 e. The molecule has 0 aliphatic heterocycles. The summed E-state index contributed by atoms with van der Waals surface area (Å²) in [4.78, 5) is 0. The van der Waals surface area contributed by atoms with Crippen molar-refractivity contribution in [1.82, 2.24) is 5.32 Å². The minimum absolute atomic E-state index is 0.615. The molecule has 2 unspecified atom stereocenters. The van der Waals surface area contributed by atoms with E-state index in [9.17, 15) is 0 Å². The van der Waals surface area contributed by atoms with Gasteiger partial charge in [-0.1, -0.05) is 50.6 Å². The number of benzene rings is 1. The van der Waals surface area contributed by atoms with E-state index in [0.29, 0.717) is 12.1 Å². The minimum atomic E-state index is 0.615. The molecule has 0 aliphatic carbocycles. The molecule has 0 aromatic heterocycles. The summed E-state index contributed by atoms with van der Waals surface area (Å²) >= 11 is 0. The molecule has 1 aromatic rings. The quantitative estimate of drug-likeness (QED) is 0.736. The van der Waals surface area contributed by atoms with Crippen molar-refractivity contribution in [1.29, 1.82) is 0 Å². The van der Waals surface area contributed by atoms with Gasteiger partial charge in [0.1, 0.15) is 0 Å². The van der Waals surface area contributed by atoms with Crippen LogP contribution in [0.2, 0.25) is 0 Å². The fraction of sp³-hybridized carbons (Fsp3) is 0.600. The van der Waals surface area contributed by atoms with Crippen LogP contribution >= 0.6 is 0 Å². The monoisotopic (exact) mass is 219 g/mol. The number of rotatable bonds is 7. The summed E-state index contributed by atoms with van der Waals surface area (Å²) in [5.41, 5.74) is 1.44. The molecule has 0 bridgehead atoms. The molecule has 16 heavy (non-hydrogen) atoms. The zero-order chi connectivity index (χ0) is 11.8. The minimum Gasteiger partial charge on any atom is -0.311 e. The van der Waals surface area contributed by atoms with E-state index in [1.54, 1.807) is 0 Å². The average Bonchev–Trinajstić information content (AvgIpc) is 2.30. The highest BCUT2D eigenvalue weighted by molar-refractivity contribution is 5.15. The van der Waals surface area contributed by atoms with Crippen LogP contribution in [0.1, 0.15) is 45.6 Å². The second-order valence-corrected chi connectivity index (χ2v) is 4.65. The zero-order valence-electron chi connectivity index (χ0n) is 10.9. The van der Waals surface area contributed by atoms with Gasteiger partial charge in [-0.2, -0.15) is 0 Å². The third-order valence-corrected chi connectivity index (χ3v) is 3.06. The van der Waals surface area contributed by atoms with Crippen LogP contribution in [0.4, 0.5) is 0 Å². The van der Waals surface area contributed by atoms with Crippen molar-refractivity contribution in [2.24, 2.45) is 0 Å². The van der Waals surface area contributed by atoms with Gasteiger partial charge < -0.3 is 5.32 Å². The smallest absolute Gasteiger partial charge is 0.0107 e. The van der Waals surface area contributed by atoms with E-state index in [1.165, 1.54) is 24.8 Å². The third-order valence-electron chi connectivity index (χ3n) is 3.06. The van der Waals surface area contributed by atoms with Crippen molar-refractivity contribution in [2.75, 3.05) is 0 Å². The van der Waals surface area contributed by atoms with Gasteiger partial charge in [0.25, 0.3) is 0 Å². The average molecular weight is 219 g/mol. The lowest BCUT2D eigenvalue weighted by atomic mass is 10.0. The van der Waals surface area contributed by atoms with Crippen LogP contribution in [0.15, 0.2) is 30.3 Å². The Morgan fingerprint density at radius 1 is 1.12 bits per heavy atom. The second kappa shape index (κ2) is 7.45. The van der Waals surface area contributed by atoms with Gasteiger partial charge in [-0.05, 0) is 31.7 Å². The van der Waals surface area contributed by atoms with Crippen molar-refractivity contribution in [3.05, 3.63) is 35.9 Å². The molecule has 1 N–H and O–H groups in total. The van der Waals surface area contributed by atoms with E-state index < -0.39 is 0 Å². The molecule has 0 saturated carbocycles. The molecular weight excluding hydrogens is 194 g/mol.